The molecule has 12 heavy (non-hydrogen) atoms. The van der Waals surface area contributed by atoms with Gasteiger partial charge < -0.3 is 0 Å². The molecule has 0 heterocycles. The molecule has 2 N–H and O–H groups in total. The van der Waals surface area contributed by atoms with Gasteiger partial charge in [0.05, 0.1) is 4.90 Å². The molecular formula is C7H9NOS2Zn. The van der Waals surface area contributed by atoms with Gasteiger partial charge >= 0.3 is 0 Å². The average molecular weight is 253 g/mol. The fraction of sp³-hybridized carbons (Fsp3) is 0.143. The van der Waals surface area contributed by atoms with Gasteiger partial charge in [0.25, 0.3) is 0 Å². The number of benzene rings is 1. The van der Waals surface area contributed by atoms with Crippen molar-refractivity contribution in [3.05, 3.63) is 23.8 Å². The molecule has 0 aliphatic carbocycles. The Morgan fingerprint density at radius 1 is 1.50 bits per heavy atom. The summed E-state index contributed by atoms with van der Waals surface area (Å²) in [5.74, 6) is 0. The standard InChI is InChI=1S/C7H9NOS2.Zn/c1-5-2-3-6(10)7(4-5)11(8)9;/h2-4,10H,8H2,1H3;. The minimum absolute atomic E-state index is 0. The van der Waals surface area contributed by atoms with Gasteiger partial charge in [0.2, 0.25) is 0 Å². The molecule has 0 amide bonds. The van der Waals surface area contributed by atoms with Crippen molar-refractivity contribution in [2.75, 3.05) is 0 Å². The minimum atomic E-state index is -1.43. The van der Waals surface area contributed by atoms with E-state index in [0.717, 1.165) is 5.56 Å². The van der Waals surface area contributed by atoms with Crippen molar-refractivity contribution in [1.29, 1.82) is 0 Å². The molecule has 1 unspecified atom stereocenters. The minimum Gasteiger partial charge on any atom is -0.248 e. The molecule has 2 nitrogen and oxygen atoms in total. The first kappa shape index (κ1) is 12.3. The van der Waals surface area contributed by atoms with E-state index >= 15 is 0 Å². The van der Waals surface area contributed by atoms with E-state index in [4.69, 9.17) is 5.14 Å². The molecule has 5 heteroatoms. The van der Waals surface area contributed by atoms with Crippen LogP contribution in [0.3, 0.4) is 0 Å². The van der Waals surface area contributed by atoms with Crippen LogP contribution in [0.15, 0.2) is 28.0 Å². The van der Waals surface area contributed by atoms with Gasteiger partial charge in [0.1, 0.15) is 11.0 Å². The Morgan fingerprint density at radius 2 is 2.08 bits per heavy atom. The van der Waals surface area contributed by atoms with Crippen LogP contribution < -0.4 is 5.14 Å². The summed E-state index contributed by atoms with van der Waals surface area (Å²) in [6, 6.07) is 5.47. The molecule has 0 fully saturated rings. The number of rotatable bonds is 1. The summed E-state index contributed by atoms with van der Waals surface area (Å²) in [6.07, 6.45) is 0. The zero-order chi connectivity index (χ0) is 8.43. The number of hydrogen-bond donors (Lipinski definition) is 2. The molecule has 1 atom stereocenters. The van der Waals surface area contributed by atoms with Gasteiger partial charge in [-0.05, 0) is 24.6 Å². The molecule has 0 aliphatic heterocycles. The normalized spacial score (nSPS) is 11.9. The van der Waals surface area contributed by atoms with E-state index in [1.54, 1.807) is 12.1 Å². The van der Waals surface area contributed by atoms with Crippen molar-refractivity contribution in [2.45, 2.75) is 16.7 Å². The van der Waals surface area contributed by atoms with Gasteiger partial charge in [-0.3, -0.25) is 0 Å². The molecule has 0 bridgehead atoms. The van der Waals surface area contributed by atoms with Crippen molar-refractivity contribution in [1.82, 2.24) is 0 Å². The first-order chi connectivity index (χ1) is 5.11. The third-order valence-electron chi connectivity index (χ3n) is 1.33. The Morgan fingerprint density at radius 3 is 2.50 bits per heavy atom. The number of thiol groups is 1. The van der Waals surface area contributed by atoms with Gasteiger partial charge in [0, 0.05) is 24.4 Å². The molecule has 0 aliphatic rings. The van der Waals surface area contributed by atoms with Gasteiger partial charge in [-0.2, -0.15) is 0 Å². The fourth-order valence-electron chi connectivity index (χ4n) is 0.782. The summed E-state index contributed by atoms with van der Waals surface area (Å²) in [7, 11) is -1.43. The van der Waals surface area contributed by atoms with Crippen LogP contribution in [-0.4, -0.2) is 4.21 Å². The molecular weight excluding hydrogens is 244 g/mol. The fourth-order valence-corrected chi connectivity index (χ4v) is 1.77. The van der Waals surface area contributed by atoms with Crippen LogP contribution in [0.5, 0.6) is 0 Å². The maximum Gasteiger partial charge on any atom is 0.123 e. The van der Waals surface area contributed by atoms with Crippen molar-refractivity contribution >= 4 is 23.6 Å². The zero-order valence-corrected chi connectivity index (χ0v) is 11.5. The van der Waals surface area contributed by atoms with Crippen molar-refractivity contribution in [3.63, 3.8) is 0 Å². The van der Waals surface area contributed by atoms with Crippen molar-refractivity contribution < 1.29 is 23.7 Å². The third kappa shape index (κ3) is 2.98. The molecule has 0 saturated heterocycles. The predicted molar refractivity (Wildman–Crippen MR) is 49.0 cm³/mol. The van der Waals surface area contributed by atoms with Crippen LogP contribution in [0.2, 0.25) is 0 Å². The van der Waals surface area contributed by atoms with Crippen LogP contribution in [-0.2, 0) is 30.5 Å². The maximum atomic E-state index is 10.9. The average Bonchev–Trinajstić information content (AvgIpc) is 1.94. The van der Waals surface area contributed by atoms with Crippen molar-refractivity contribution in [2.24, 2.45) is 5.14 Å². The SMILES string of the molecule is Cc1ccc(S)c(S(N)=O)c1.[Zn]. The van der Waals surface area contributed by atoms with E-state index in [1.807, 2.05) is 13.0 Å². The van der Waals surface area contributed by atoms with Crippen LogP contribution >= 0.6 is 12.6 Å². The first-order valence-electron chi connectivity index (χ1n) is 3.07. The Hall–Kier alpha value is 0.303. The largest absolute Gasteiger partial charge is 0.248 e. The Balaban J connectivity index is 0.00000121. The molecule has 0 saturated carbocycles. The van der Waals surface area contributed by atoms with Crippen molar-refractivity contribution in [3.8, 4) is 0 Å². The monoisotopic (exact) mass is 251 g/mol. The molecule has 0 aromatic heterocycles. The van der Waals surface area contributed by atoms with Crippen LogP contribution in [0, 0.1) is 6.92 Å². The van der Waals surface area contributed by atoms with Gasteiger partial charge in [-0.1, -0.05) is 6.07 Å². The zero-order valence-electron chi connectivity index (χ0n) is 6.78. The molecule has 1 rings (SSSR count). The molecule has 1 aromatic rings. The van der Waals surface area contributed by atoms with E-state index < -0.39 is 11.0 Å². The number of nitrogens with two attached hydrogens (primary N) is 1. The summed E-state index contributed by atoms with van der Waals surface area (Å²) in [5.41, 5.74) is 1.04. The quantitative estimate of drug-likeness (QED) is 0.574. The van der Waals surface area contributed by atoms with E-state index in [9.17, 15) is 4.21 Å². The van der Waals surface area contributed by atoms with Crippen LogP contribution in [0.1, 0.15) is 5.56 Å². The summed E-state index contributed by atoms with van der Waals surface area (Å²) >= 11 is 4.11. The second-order valence-corrected chi connectivity index (χ2v) is 3.79. The number of aryl methyl sites for hydroxylation is 1. The molecule has 0 spiro atoms. The summed E-state index contributed by atoms with van der Waals surface area (Å²) in [6.45, 7) is 1.92. The van der Waals surface area contributed by atoms with Crippen LogP contribution in [0.4, 0.5) is 0 Å². The van der Waals surface area contributed by atoms with E-state index in [0.29, 0.717) is 9.79 Å². The summed E-state index contributed by atoms with van der Waals surface area (Å²) < 4.78 is 10.9. The smallest absolute Gasteiger partial charge is 0.123 e. The Kier molecular flexibility index (Phi) is 5.25. The predicted octanol–water partition coefficient (Wildman–Crippen LogP) is 1.26. The molecule has 62 valence electrons. The number of hydrogen-bond acceptors (Lipinski definition) is 2. The van der Waals surface area contributed by atoms with Gasteiger partial charge in [-0.15, -0.1) is 12.6 Å². The maximum absolute atomic E-state index is 10.9. The topological polar surface area (TPSA) is 43.1 Å². The van der Waals surface area contributed by atoms with E-state index in [2.05, 4.69) is 12.6 Å². The summed E-state index contributed by atoms with van der Waals surface area (Å²) in [5, 5.41) is 5.21. The first-order valence-corrected chi connectivity index (χ1v) is 4.73. The second kappa shape index (κ2) is 5.12. The Bertz CT molecular complexity index is 303. The van der Waals surface area contributed by atoms with E-state index in [-0.39, 0.29) is 19.5 Å². The second-order valence-electron chi connectivity index (χ2n) is 2.27. The van der Waals surface area contributed by atoms with Gasteiger partial charge in [-0.25, -0.2) is 9.35 Å². The third-order valence-corrected chi connectivity index (χ3v) is 2.64. The van der Waals surface area contributed by atoms with Gasteiger partial charge in [0.15, 0.2) is 0 Å². The van der Waals surface area contributed by atoms with E-state index in [1.165, 1.54) is 0 Å². The summed E-state index contributed by atoms with van der Waals surface area (Å²) in [4.78, 5) is 1.27. The van der Waals surface area contributed by atoms with Crippen LogP contribution in [0.25, 0.3) is 0 Å². The molecule has 0 radical (unpaired) electrons. The Labute approximate surface area is 92.7 Å². The molecule has 1 aromatic carbocycles.